The van der Waals surface area contributed by atoms with Crippen LogP contribution in [0.3, 0.4) is 0 Å². The van der Waals surface area contributed by atoms with Crippen molar-refractivity contribution in [3.8, 4) is 11.3 Å². The van der Waals surface area contributed by atoms with Gasteiger partial charge in [0.05, 0.1) is 5.69 Å². The van der Waals surface area contributed by atoms with Gasteiger partial charge in [-0.2, -0.15) is 0 Å². The molecule has 0 bridgehead atoms. The van der Waals surface area contributed by atoms with Gasteiger partial charge in [-0.1, -0.05) is 30.4 Å². The first-order valence-corrected chi connectivity index (χ1v) is 6.37. The summed E-state index contributed by atoms with van der Waals surface area (Å²) >= 11 is 0. The second kappa shape index (κ2) is 3.54. The highest BCUT2D eigenvalue weighted by atomic mass is 16.2. The molecular weight excluding hydrogens is 238 g/mol. The number of carbonyl (C=O) groups excluding carboxylic acids is 1. The van der Waals surface area contributed by atoms with Crippen LogP contribution in [0.15, 0.2) is 41.2 Å². The Bertz CT molecular complexity index is 812. The molecule has 1 aromatic carbocycles. The van der Waals surface area contributed by atoms with E-state index in [4.69, 9.17) is 0 Å². The zero-order chi connectivity index (χ0) is 13.0. The molecule has 0 radical (unpaired) electrons. The number of benzene rings is 1. The van der Waals surface area contributed by atoms with E-state index < -0.39 is 0 Å². The second-order valence-corrected chi connectivity index (χ2v) is 4.88. The zero-order valence-electron chi connectivity index (χ0n) is 10.2. The van der Waals surface area contributed by atoms with Gasteiger partial charge in [0.25, 0.3) is 5.91 Å². The van der Waals surface area contributed by atoms with Gasteiger partial charge in [-0.3, -0.25) is 14.2 Å². The predicted molar refractivity (Wildman–Crippen MR) is 73.2 cm³/mol. The van der Waals surface area contributed by atoms with E-state index in [2.05, 4.69) is 0 Å². The monoisotopic (exact) mass is 249 g/mol. The summed E-state index contributed by atoms with van der Waals surface area (Å²) in [6, 6.07) is 9.05. The maximum Gasteiger partial charge on any atom is 0.263 e. The minimum Gasteiger partial charge on any atom is -0.289 e. The van der Waals surface area contributed by atoms with E-state index in [1.807, 2.05) is 36.4 Å². The van der Waals surface area contributed by atoms with Gasteiger partial charge in [-0.25, -0.2) is 0 Å². The first kappa shape index (κ1) is 10.5. The van der Waals surface area contributed by atoms with Crippen LogP contribution in [0.2, 0.25) is 0 Å². The molecule has 1 aliphatic carbocycles. The highest BCUT2D eigenvalue weighted by Gasteiger charge is 2.29. The molecule has 0 unspecified atom stereocenters. The van der Waals surface area contributed by atoms with Crippen LogP contribution < -0.4 is 5.43 Å². The lowest BCUT2D eigenvalue weighted by atomic mass is 10.0. The van der Waals surface area contributed by atoms with Crippen molar-refractivity contribution in [1.82, 2.24) is 4.57 Å². The Morgan fingerprint density at radius 1 is 1.05 bits per heavy atom. The van der Waals surface area contributed by atoms with E-state index in [0.29, 0.717) is 11.1 Å². The molecule has 0 saturated heterocycles. The van der Waals surface area contributed by atoms with E-state index in [9.17, 15) is 9.59 Å². The van der Waals surface area contributed by atoms with Gasteiger partial charge in [-0.15, -0.1) is 0 Å². The maximum atomic E-state index is 12.5. The van der Waals surface area contributed by atoms with Gasteiger partial charge in [-0.05, 0) is 18.9 Å². The number of nitrogens with zero attached hydrogens (tertiary/aromatic N) is 1. The fourth-order valence-corrected chi connectivity index (χ4v) is 2.96. The van der Waals surface area contributed by atoms with Crippen LogP contribution >= 0.6 is 0 Å². The molecule has 92 valence electrons. The molecule has 0 fully saturated rings. The standard InChI is InChI=1S/C16H11NO2/c18-15-9-14-10-5-1-2-6-11(10)16(19)17(14)13-8-4-3-7-12(13)15/h1-3,5-7,9H,4,8H2. The average molecular weight is 249 g/mol. The van der Waals surface area contributed by atoms with Crippen LogP contribution in [0, 0.1) is 0 Å². The molecule has 0 amide bonds. The van der Waals surface area contributed by atoms with E-state index in [1.165, 1.54) is 0 Å². The van der Waals surface area contributed by atoms with Crippen molar-refractivity contribution in [1.29, 1.82) is 0 Å². The van der Waals surface area contributed by atoms with Crippen molar-refractivity contribution in [2.75, 3.05) is 0 Å². The van der Waals surface area contributed by atoms with Crippen LogP contribution in [0.1, 0.15) is 28.0 Å². The van der Waals surface area contributed by atoms with Gasteiger partial charge in [0.1, 0.15) is 0 Å². The number of hydrogen-bond donors (Lipinski definition) is 0. The molecule has 19 heavy (non-hydrogen) atoms. The maximum absolute atomic E-state index is 12.5. The van der Waals surface area contributed by atoms with Crippen molar-refractivity contribution in [2.24, 2.45) is 0 Å². The molecular formula is C16H11NO2. The summed E-state index contributed by atoms with van der Waals surface area (Å²) < 4.78 is 1.71. The van der Waals surface area contributed by atoms with Crippen LogP contribution in [-0.4, -0.2) is 10.5 Å². The van der Waals surface area contributed by atoms with Crippen LogP contribution in [0.5, 0.6) is 0 Å². The number of carbonyl (C=O) groups is 1. The van der Waals surface area contributed by atoms with Crippen LogP contribution in [0.4, 0.5) is 0 Å². The van der Waals surface area contributed by atoms with Crippen molar-refractivity contribution >= 4 is 12.0 Å². The number of fused-ring (bicyclic) bond motifs is 5. The third kappa shape index (κ3) is 1.27. The Morgan fingerprint density at radius 3 is 2.68 bits per heavy atom. The van der Waals surface area contributed by atoms with Gasteiger partial charge < -0.3 is 0 Å². The van der Waals surface area contributed by atoms with Gasteiger partial charge in [0, 0.05) is 28.5 Å². The Kier molecular flexibility index (Phi) is 1.96. The fourth-order valence-electron chi connectivity index (χ4n) is 2.96. The Balaban J connectivity index is 2.14. The molecule has 0 spiro atoms. The molecule has 1 aromatic heterocycles. The van der Waals surface area contributed by atoms with Crippen molar-refractivity contribution in [3.05, 3.63) is 63.5 Å². The molecule has 2 heterocycles. The van der Waals surface area contributed by atoms with Gasteiger partial charge in [0.2, 0.25) is 0 Å². The number of pyridine rings is 1. The summed E-state index contributed by atoms with van der Waals surface area (Å²) in [5.41, 5.74) is 3.80. The average Bonchev–Trinajstić information content (AvgIpc) is 2.73. The molecule has 2 aromatic rings. The normalized spacial score (nSPS) is 15.1. The van der Waals surface area contributed by atoms with Crippen LogP contribution in [0.25, 0.3) is 17.3 Å². The molecule has 0 N–H and O–H groups in total. The van der Waals surface area contributed by atoms with E-state index >= 15 is 0 Å². The summed E-state index contributed by atoms with van der Waals surface area (Å²) in [6.07, 6.45) is 5.45. The molecule has 3 heteroatoms. The SMILES string of the molecule is O=C1c2ccccc2-c2cc(=O)c3c(n21)CCC=C3. The minimum atomic E-state index is -0.0165. The summed E-state index contributed by atoms with van der Waals surface area (Å²) in [5, 5.41) is 0. The lowest BCUT2D eigenvalue weighted by molar-refractivity contribution is 0.0965. The zero-order valence-corrected chi connectivity index (χ0v) is 10.2. The van der Waals surface area contributed by atoms with Gasteiger partial charge in [0.15, 0.2) is 5.43 Å². The smallest absolute Gasteiger partial charge is 0.263 e. The highest BCUT2D eigenvalue weighted by Crippen LogP contribution is 2.33. The van der Waals surface area contributed by atoms with Crippen molar-refractivity contribution < 1.29 is 4.79 Å². The minimum absolute atomic E-state index is 0.00158. The van der Waals surface area contributed by atoms with E-state index in [1.54, 1.807) is 10.6 Å². The van der Waals surface area contributed by atoms with Crippen LogP contribution in [-0.2, 0) is 6.42 Å². The fraction of sp³-hybridized carbons (Fsp3) is 0.125. The summed E-state index contributed by atoms with van der Waals surface area (Å²) in [4.78, 5) is 24.7. The highest BCUT2D eigenvalue weighted by molar-refractivity contribution is 6.09. The first-order valence-electron chi connectivity index (χ1n) is 6.37. The van der Waals surface area contributed by atoms with Crippen molar-refractivity contribution in [3.63, 3.8) is 0 Å². The number of aromatic nitrogens is 1. The van der Waals surface area contributed by atoms with E-state index in [0.717, 1.165) is 29.8 Å². The molecule has 3 nitrogen and oxygen atoms in total. The molecule has 4 rings (SSSR count). The Hall–Kier alpha value is -2.42. The second-order valence-electron chi connectivity index (χ2n) is 4.88. The Morgan fingerprint density at radius 2 is 1.84 bits per heavy atom. The van der Waals surface area contributed by atoms with Crippen molar-refractivity contribution in [2.45, 2.75) is 12.8 Å². The number of hydrogen-bond acceptors (Lipinski definition) is 2. The largest absolute Gasteiger partial charge is 0.289 e. The van der Waals surface area contributed by atoms with E-state index in [-0.39, 0.29) is 11.3 Å². The molecule has 0 atom stereocenters. The van der Waals surface area contributed by atoms with Gasteiger partial charge >= 0.3 is 0 Å². The Labute approximate surface area is 109 Å². The lowest BCUT2D eigenvalue weighted by Gasteiger charge is -2.15. The first-order chi connectivity index (χ1) is 9.27. The molecule has 0 saturated carbocycles. The summed E-state index contributed by atoms with van der Waals surface area (Å²) in [6.45, 7) is 0. The number of allylic oxidation sites excluding steroid dienone is 1. The lowest BCUT2D eigenvalue weighted by Crippen LogP contribution is -2.21. The number of rotatable bonds is 0. The summed E-state index contributed by atoms with van der Waals surface area (Å²) in [5.74, 6) is -0.0165. The third-order valence-corrected chi connectivity index (χ3v) is 3.82. The predicted octanol–water partition coefficient (Wildman–Crippen LogP) is 2.48. The summed E-state index contributed by atoms with van der Waals surface area (Å²) in [7, 11) is 0. The quantitative estimate of drug-likeness (QED) is 0.614. The molecule has 2 aliphatic rings. The topological polar surface area (TPSA) is 39.1 Å². The third-order valence-electron chi connectivity index (χ3n) is 3.82. The molecule has 1 aliphatic heterocycles.